The van der Waals surface area contributed by atoms with Crippen LogP contribution < -0.4 is 34.3 Å². The van der Waals surface area contributed by atoms with E-state index in [1.807, 2.05) is 36.5 Å². The Bertz CT molecular complexity index is 929. The van der Waals surface area contributed by atoms with Gasteiger partial charge in [-0.3, -0.25) is 4.98 Å². The number of thiazole rings is 1. The Kier molecular flexibility index (Phi) is 7.75. The first-order valence-corrected chi connectivity index (χ1v) is 9.95. The molecule has 0 atom stereocenters. The molecule has 0 saturated heterocycles. The molecule has 9 heteroatoms. The zero-order chi connectivity index (χ0) is 17.7. The molecule has 3 aromatic rings. The predicted octanol–water partition coefficient (Wildman–Crippen LogP) is 0.190. The molecule has 0 aliphatic rings. The minimum absolute atomic E-state index is 0. The summed E-state index contributed by atoms with van der Waals surface area (Å²) >= 11 is 1.55. The zero-order valence-electron chi connectivity index (χ0n) is 14.2. The molecule has 0 amide bonds. The standard InChI is InChI=1S/C17H16N2O4S2.Na/c20-25(21,22)11-3-10-23-14-7-5-13(6-8-14)16-12-19-17(24-16)15-4-1-2-9-18-15;/h1-2,4-9,12H,3,10-11H2,(H,20,21,22);/q;+1/p-1. The maximum Gasteiger partial charge on any atom is 1.00 e. The van der Waals surface area contributed by atoms with Crippen LogP contribution in [0.15, 0.2) is 54.9 Å². The number of pyridine rings is 1. The summed E-state index contributed by atoms with van der Waals surface area (Å²) < 4.78 is 37.0. The minimum Gasteiger partial charge on any atom is -0.748 e. The summed E-state index contributed by atoms with van der Waals surface area (Å²) in [7, 11) is -4.18. The van der Waals surface area contributed by atoms with Gasteiger partial charge in [0.05, 0.1) is 27.3 Å². The Hall–Kier alpha value is -1.29. The van der Waals surface area contributed by atoms with E-state index in [1.165, 1.54) is 0 Å². The molecule has 130 valence electrons. The molecular weight excluding hydrogens is 383 g/mol. The van der Waals surface area contributed by atoms with Crippen LogP contribution in [-0.4, -0.2) is 35.3 Å². The average molecular weight is 398 g/mol. The van der Waals surface area contributed by atoms with E-state index in [4.69, 9.17) is 4.74 Å². The van der Waals surface area contributed by atoms with E-state index < -0.39 is 15.9 Å². The summed E-state index contributed by atoms with van der Waals surface area (Å²) in [5.41, 5.74) is 1.85. The molecule has 0 spiro atoms. The van der Waals surface area contributed by atoms with Crippen LogP contribution in [0.1, 0.15) is 6.42 Å². The van der Waals surface area contributed by atoms with Gasteiger partial charge in [0.15, 0.2) is 0 Å². The summed E-state index contributed by atoms with van der Waals surface area (Å²) in [5.74, 6) is 0.212. The Morgan fingerprint density at radius 2 is 1.85 bits per heavy atom. The van der Waals surface area contributed by atoms with Gasteiger partial charge in [-0.15, -0.1) is 11.3 Å². The van der Waals surface area contributed by atoms with Crippen LogP contribution >= 0.6 is 11.3 Å². The first kappa shape index (κ1) is 21.0. The minimum atomic E-state index is -4.18. The number of hydrogen-bond acceptors (Lipinski definition) is 7. The van der Waals surface area contributed by atoms with Crippen molar-refractivity contribution in [3.8, 4) is 26.9 Å². The van der Waals surface area contributed by atoms with E-state index in [1.54, 1.807) is 29.7 Å². The molecule has 6 nitrogen and oxygen atoms in total. The van der Waals surface area contributed by atoms with Crippen molar-refractivity contribution in [2.24, 2.45) is 0 Å². The first-order chi connectivity index (χ1) is 12.0. The second-order valence-corrected chi connectivity index (χ2v) is 7.79. The Morgan fingerprint density at radius 3 is 2.50 bits per heavy atom. The molecule has 0 saturated carbocycles. The van der Waals surface area contributed by atoms with E-state index in [-0.39, 0.29) is 42.6 Å². The van der Waals surface area contributed by atoms with Crippen LogP contribution in [0.5, 0.6) is 5.75 Å². The molecule has 0 fully saturated rings. The van der Waals surface area contributed by atoms with Gasteiger partial charge in [0.1, 0.15) is 10.8 Å². The fourth-order valence-corrected chi connectivity index (χ4v) is 3.53. The summed E-state index contributed by atoms with van der Waals surface area (Å²) in [6, 6.07) is 13.1. The number of hydrogen-bond donors (Lipinski definition) is 0. The van der Waals surface area contributed by atoms with E-state index in [2.05, 4.69) is 9.97 Å². The third-order valence-corrected chi connectivity index (χ3v) is 5.19. The van der Waals surface area contributed by atoms with Gasteiger partial charge >= 0.3 is 29.6 Å². The molecular formula is C17H15N2NaO4S2. The number of rotatable bonds is 7. The largest absolute Gasteiger partial charge is 1.00 e. The summed E-state index contributed by atoms with van der Waals surface area (Å²) in [5, 5.41) is 0.856. The van der Waals surface area contributed by atoms with Gasteiger partial charge < -0.3 is 9.29 Å². The molecule has 0 aliphatic heterocycles. The maximum absolute atomic E-state index is 10.5. The Balaban J connectivity index is 0.00000243. The smallest absolute Gasteiger partial charge is 0.748 e. The summed E-state index contributed by atoms with van der Waals surface area (Å²) in [6.07, 6.45) is 3.72. The van der Waals surface area contributed by atoms with Crippen LogP contribution in [0.25, 0.3) is 21.1 Å². The second kappa shape index (κ2) is 9.59. The van der Waals surface area contributed by atoms with Crippen molar-refractivity contribution < 1.29 is 47.3 Å². The van der Waals surface area contributed by atoms with Crippen LogP contribution in [0.3, 0.4) is 0 Å². The van der Waals surface area contributed by atoms with Gasteiger partial charge in [0.2, 0.25) is 0 Å². The number of ether oxygens (including phenoxy) is 1. The number of aromatic nitrogens is 2. The second-order valence-electron chi connectivity index (χ2n) is 5.23. The van der Waals surface area contributed by atoms with Crippen LogP contribution in [0.4, 0.5) is 0 Å². The maximum atomic E-state index is 10.5. The zero-order valence-corrected chi connectivity index (χ0v) is 17.8. The van der Waals surface area contributed by atoms with Crippen LogP contribution in [0, 0.1) is 0 Å². The Labute approximate surface area is 178 Å². The fourth-order valence-electron chi connectivity index (χ4n) is 2.16. The normalized spacial score (nSPS) is 11.0. The van der Waals surface area contributed by atoms with Gasteiger partial charge in [-0.25, -0.2) is 13.4 Å². The van der Waals surface area contributed by atoms with Gasteiger partial charge in [0, 0.05) is 18.1 Å². The number of nitrogens with zero attached hydrogens (tertiary/aromatic N) is 2. The third kappa shape index (κ3) is 6.15. The molecule has 0 bridgehead atoms. The van der Waals surface area contributed by atoms with E-state index in [0.29, 0.717) is 5.75 Å². The quantitative estimate of drug-likeness (QED) is 0.321. The van der Waals surface area contributed by atoms with Crippen molar-refractivity contribution in [1.29, 1.82) is 0 Å². The summed E-state index contributed by atoms with van der Waals surface area (Å²) in [4.78, 5) is 9.72. The van der Waals surface area contributed by atoms with Crippen molar-refractivity contribution in [3.05, 3.63) is 54.9 Å². The molecule has 0 radical (unpaired) electrons. The third-order valence-electron chi connectivity index (χ3n) is 3.34. The molecule has 26 heavy (non-hydrogen) atoms. The van der Waals surface area contributed by atoms with E-state index in [0.717, 1.165) is 21.1 Å². The average Bonchev–Trinajstić information content (AvgIpc) is 3.09. The molecule has 0 aliphatic carbocycles. The molecule has 0 N–H and O–H groups in total. The summed E-state index contributed by atoms with van der Waals surface area (Å²) in [6.45, 7) is 0.186. The van der Waals surface area contributed by atoms with Crippen LogP contribution in [0.2, 0.25) is 0 Å². The van der Waals surface area contributed by atoms with Gasteiger partial charge in [-0.2, -0.15) is 0 Å². The van der Waals surface area contributed by atoms with Crippen molar-refractivity contribution in [2.75, 3.05) is 12.4 Å². The molecule has 2 heterocycles. The Morgan fingerprint density at radius 1 is 1.08 bits per heavy atom. The van der Waals surface area contributed by atoms with Gasteiger partial charge in [0.25, 0.3) is 0 Å². The number of benzene rings is 1. The van der Waals surface area contributed by atoms with Crippen molar-refractivity contribution in [3.63, 3.8) is 0 Å². The first-order valence-electron chi connectivity index (χ1n) is 7.55. The monoisotopic (exact) mass is 398 g/mol. The topological polar surface area (TPSA) is 92.2 Å². The molecule has 1 aromatic carbocycles. The fraction of sp³-hybridized carbons (Fsp3) is 0.176. The van der Waals surface area contributed by atoms with Crippen molar-refractivity contribution >= 4 is 21.5 Å². The molecule has 3 rings (SSSR count). The molecule has 2 aromatic heterocycles. The van der Waals surface area contributed by atoms with Crippen molar-refractivity contribution in [2.45, 2.75) is 6.42 Å². The van der Waals surface area contributed by atoms with E-state index >= 15 is 0 Å². The predicted molar refractivity (Wildman–Crippen MR) is 95.5 cm³/mol. The molecule has 0 unspecified atom stereocenters. The van der Waals surface area contributed by atoms with Gasteiger partial charge in [-0.1, -0.05) is 6.07 Å². The van der Waals surface area contributed by atoms with E-state index in [9.17, 15) is 13.0 Å². The van der Waals surface area contributed by atoms with Gasteiger partial charge in [-0.05, 0) is 48.4 Å². The SMILES string of the molecule is O=S(=O)([O-])CCCOc1ccc(-c2cnc(-c3ccccn3)s2)cc1.[Na+]. The van der Waals surface area contributed by atoms with Crippen LogP contribution in [-0.2, 0) is 10.1 Å². The van der Waals surface area contributed by atoms with Crippen molar-refractivity contribution in [1.82, 2.24) is 9.97 Å².